The minimum Gasteiger partial charge on any atom is -0.357 e. The van der Waals surface area contributed by atoms with Gasteiger partial charge in [0, 0.05) is 31.2 Å². The van der Waals surface area contributed by atoms with E-state index in [1.807, 2.05) is 0 Å². The van der Waals surface area contributed by atoms with E-state index in [2.05, 4.69) is 41.3 Å². The van der Waals surface area contributed by atoms with Crippen LogP contribution in [0.3, 0.4) is 0 Å². The molecule has 0 unspecified atom stereocenters. The highest BCUT2D eigenvalue weighted by atomic mass is 127. The largest absolute Gasteiger partial charge is 0.357 e. The van der Waals surface area contributed by atoms with E-state index in [4.69, 9.17) is 0 Å². The van der Waals surface area contributed by atoms with Crippen molar-refractivity contribution in [1.82, 2.24) is 15.5 Å². The topological polar surface area (TPSA) is 39.7 Å². The smallest absolute Gasteiger partial charge is 0.191 e. The Kier molecular flexibility index (Phi) is 7.42. The molecule has 0 aromatic heterocycles. The minimum absolute atomic E-state index is 0. The quantitative estimate of drug-likeness (QED) is 0.404. The third-order valence-corrected chi connectivity index (χ3v) is 3.57. The molecule has 19 heavy (non-hydrogen) atoms. The van der Waals surface area contributed by atoms with Crippen LogP contribution >= 0.6 is 24.0 Å². The van der Waals surface area contributed by atoms with Crippen molar-refractivity contribution in [3.05, 3.63) is 0 Å². The Bertz CT molecular complexity index is 283. The Balaban J connectivity index is 0.00000180. The van der Waals surface area contributed by atoms with Crippen LogP contribution in [0.4, 0.5) is 0 Å². The van der Waals surface area contributed by atoms with Gasteiger partial charge in [-0.05, 0) is 46.5 Å². The van der Waals surface area contributed by atoms with Crippen molar-refractivity contribution in [3.8, 4) is 0 Å². The number of aliphatic imine (C=N–C) groups is 1. The van der Waals surface area contributed by atoms with Gasteiger partial charge in [0.1, 0.15) is 0 Å². The highest BCUT2D eigenvalue weighted by molar-refractivity contribution is 14.0. The second-order valence-corrected chi connectivity index (χ2v) is 5.74. The van der Waals surface area contributed by atoms with Gasteiger partial charge in [-0.3, -0.25) is 9.89 Å². The fourth-order valence-corrected chi connectivity index (χ4v) is 2.29. The maximum atomic E-state index is 4.68. The summed E-state index contributed by atoms with van der Waals surface area (Å²) >= 11 is 0. The van der Waals surface area contributed by atoms with Crippen molar-refractivity contribution in [1.29, 1.82) is 0 Å². The lowest BCUT2D eigenvalue weighted by atomic mass is 10.3. The molecular formula is C14H29IN4. The molecule has 0 heterocycles. The highest BCUT2D eigenvalue weighted by Crippen LogP contribution is 2.28. The standard InChI is InChI=1S/C14H28N4.HI/c1-4-15-14(17-12-5-6-12)16-9-10-18(11(2)3)13-7-8-13;/h11-13H,4-10H2,1-3H3,(H2,15,16,17);1H. The van der Waals surface area contributed by atoms with Crippen molar-refractivity contribution in [2.24, 2.45) is 4.99 Å². The second-order valence-electron chi connectivity index (χ2n) is 5.74. The van der Waals surface area contributed by atoms with E-state index < -0.39 is 0 Å². The van der Waals surface area contributed by atoms with Gasteiger partial charge in [-0.25, -0.2) is 0 Å². The Morgan fingerprint density at radius 1 is 1.26 bits per heavy atom. The average Bonchev–Trinajstić information content (AvgIpc) is 3.16. The minimum atomic E-state index is 0. The molecule has 0 aromatic carbocycles. The Morgan fingerprint density at radius 2 is 1.95 bits per heavy atom. The van der Waals surface area contributed by atoms with Crippen LogP contribution in [0, 0.1) is 0 Å². The summed E-state index contributed by atoms with van der Waals surface area (Å²) < 4.78 is 0. The Morgan fingerprint density at radius 3 is 2.42 bits per heavy atom. The number of rotatable bonds is 7. The fraction of sp³-hybridized carbons (Fsp3) is 0.929. The van der Waals surface area contributed by atoms with Gasteiger partial charge in [0.2, 0.25) is 0 Å². The van der Waals surface area contributed by atoms with E-state index in [0.717, 1.165) is 31.6 Å². The van der Waals surface area contributed by atoms with Crippen LogP contribution in [-0.4, -0.2) is 48.6 Å². The number of halogens is 1. The van der Waals surface area contributed by atoms with E-state index in [1.54, 1.807) is 0 Å². The van der Waals surface area contributed by atoms with E-state index in [-0.39, 0.29) is 24.0 Å². The summed E-state index contributed by atoms with van der Waals surface area (Å²) in [5, 5.41) is 6.78. The summed E-state index contributed by atoms with van der Waals surface area (Å²) in [5.74, 6) is 1.000. The molecule has 0 radical (unpaired) electrons. The molecule has 0 bridgehead atoms. The number of nitrogens with one attached hydrogen (secondary N) is 2. The zero-order valence-electron chi connectivity index (χ0n) is 12.5. The molecule has 0 saturated heterocycles. The number of hydrogen-bond donors (Lipinski definition) is 2. The van der Waals surface area contributed by atoms with Crippen molar-refractivity contribution >= 4 is 29.9 Å². The Hall–Kier alpha value is -0.0400. The summed E-state index contributed by atoms with van der Waals surface area (Å²) in [6.07, 6.45) is 5.35. The van der Waals surface area contributed by atoms with Gasteiger partial charge in [0.05, 0.1) is 6.54 Å². The van der Waals surface area contributed by atoms with Gasteiger partial charge in [-0.15, -0.1) is 24.0 Å². The maximum Gasteiger partial charge on any atom is 0.191 e. The summed E-state index contributed by atoms with van der Waals surface area (Å²) in [6.45, 7) is 9.62. The SMILES string of the molecule is CCNC(=NCCN(C(C)C)C1CC1)NC1CC1.I. The molecule has 0 spiro atoms. The van der Waals surface area contributed by atoms with Gasteiger partial charge < -0.3 is 10.6 Å². The van der Waals surface area contributed by atoms with E-state index in [9.17, 15) is 0 Å². The molecule has 2 saturated carbocycles. The lowest BCUT2D eigenvalue weighted by Crippen LogP contribution is -2.40. The molecule has 0 atom stereocenters. The molecule has 2 N–H and O–H groups in total. The molecular weight excluding hydrogens is 351 g/mol. The molecule has 0 aliphatic heterocycles. The first kappa shape index (κ1) is 17.0. The lowest BCUT2D eigenvalue weighted by molar-refractivity contribution is 0.218. The number of nitrogens with zero attached hydrogens (tertiary/aromatic N) is 2. The normalized spacial score (nSPS) is 19.5. The van der Waals surface area contributed by atoms with Gasteiger partial charge in [0.15, 0.2) is 5.96 Å². The first-order valence-corrected chi connectivity index (χ1v) is 7.51. The summed E-state index contributed by atoms with van der Waals surface area (Å²) in [6, 6.07) is 2.15. The fourth-order valence-electron chi connectivity index (χ4n) is 2.29. The highest BCUT2D eigenvalue weighted by Gasteiger charge is 2.30. The van der Waals surface area contributed by atoms with Crippen molar-refractivity contribution < 1.29 is 0 Å². The van der Waals surface area contributed by atoms with Crippen LogP contribution in [0.2, 0.25) is 0 Å². The van der Waals surface area contributed by atoms with Crippen LogP contribution in [-0.2, 0) is 0 Å². The van der Waals surface area contributed by atoms with E-state index >= 15 is 0 Å². The third kappa shape index (κ3) is 6.29. The second kappa shape index (κ2) is 8.29. The Labute approximate surface area is 134 Å². The van der Waals surface area contributed by atoms with Gasteiger partial charge in [-0.1, -0.05) is 0 Å². The zero-order valence-corrected chi connectivity index (χ0v) is 14.8. The van der Waals surface area contributed by atoms with Crippen molar-refractivity contribution in [2.75, 3.05) is 19.6 Å². The molecule has 2 rings (SSSR count). The van der Waals surface area contributed by atoms with Crippen LogP contribution in [0.25, 0.3) is 0 Å². The van der Waals surface area contributed by atoms with Gasteiger partial charge >= 0.3 is 0 Å². The maximum absolute atomic E-state index is 4.68. The first-order valence-electron chi connectivity index (χ1n) is 7.51. The predicted octanol–water partition coefficient (Wildman–Crippen LogP) is 2.19. The molecule has 2 fully saturated rings. The number of guanidine groups is 1. The monoisotopic (exact) mass is 380 g/mol. The van der Waals surface area contributed by atoms with E-state index in [1.165, 1.54) is 25.7 Å². The van der Waals surface area contributed by atoms with Crippen molar-refractivity contribution in [3.63, 3.8) is 0 Å². The molecule has 2 aliphatic rings. The van der Waals surface area contributed by atoms with Crippen LogP contribution in [0.5, 0.6) is 0 Å². The van der Waals surface area contributed by atoms with Crippen molar-refractivity contribution in [2.45, 2.75) is 64.6 Å². The van der Waals surface area contributed by atoms with Gasteiger partial charge in [-0.2, -0.15) is 0 Å². The molecule has 2 aliphatic carbocycles. The molecule has 112 valence electrons. The lowest BCUT2D eigenvalue weighted by Gasteiger charge is -2.25. The molecule has 0 aromatic rings. The predicted molar refractivity (Wildman–Crippen MR) is 92.4 cm³/mol. The van der Waals surface area contributed by atoms with Crippen LogP contribution in [0.1, 0.15) is 46.5 Å². The first-order chi connectivity index (χ1) is 8.70. The molecule has 4 nitrogen and oxygen atoms in total. The summed E-state index contributed by atoms with van der Waals surface area (Å²) in [4.78, 5) is 7.27. The van der Waals surface area contributed by atoms with Crippen LogP contribution in [0.15, 0.2) is 4.99 Å². The van der Waals surface area contributed by atoms with E-state index in [0.29, 0.717) is 12.1 Å². The molecule has 5 heteroatoms. The van der Waals surface area contributed by atoms with Crippen LogP contribution < -0.4 is 10.6 Å². The average molecular weight is 380 g/mol. The van der Waals surface area contributed by atoms with Gasteiger partial charge in [0.25, 0.3) is 0 Å². The number of hydrogen-bond acceptors (Lipinski definition) is 2. The summed E-state index contributed by atoms with van der Waals surface area (Å²) in [7, 11) is 0. The third-order valence-electron chi connectivity index (χ3n) is 3.57. The molecule has 0 amide bonds. The summed E-state index contributed by atoms with van der Waals surface area (Å²) in [5.41, 5.74) is 0. The zero-order chi connectivity index (χ0) is 13.0.